The number of imidazole rings is 1. The lowest BCUT2D eigenvalue weighted by molar-refractivity contribution is -0.145. The SMILES string of the molecule is O=C(Cn1cnc2ccccc21)OCc1cc(-c2ccc3c(c2)OCO3)on1. The normalized spacial score (nSPS) is 12.4. The number of ether oxygens (including phenoxy) is 3. The molecule has 0 atom stereocenters. The lowest BCUT2D eigenvalue weighted by Crippen LogP contribution is -2.12. The Labute approximate surface area is 159 Å². The summed E-state index contributed by atoms with van der Waals surface area (Å²) in [5, 5.41) is 3.96. The molecule has 2 aromatic carbocycles. The minimum Gasteiger partial charge on any atom is -0.458 e. The second-order valence-electron chi connectivity index (χ2n) is 6.27. The predicted octanol–water partition coefficient (Wildman–Crippen LogP) is 3.16. The number of esters is 1. The second-order valence-corrected chi connectivity index (χ2v) is 6.27. The van der Waals surface area contributed by atoms with E-state index in [2.05, 4.69) is 10.1 Å². The highest BCUT2D eigenvalue weighted by Gasteiger charge is 2.16. The predicted molar refractivity (Wildman–Crippen MR) is 97.6 cm³/mol. The third-order valence-electron chi connectivity index (χ3n) is 4.42. The molecule has 0 N–H and O–H groups in total. The molecule has 2 aromatic heterocycles. The van der Waals surface area contributed by atoms with Crippen molar-refractivity contribution in [3.05, 3.63) is 60.6 Å². The Kier molecular flexibility index (Phi) is 3.93. The van der Waals surface area contributed by atoms with E-state index in [0.29, 0.717) is 23.0 Å². The molecule has 0 amide bonds. The number of benzene rings is 2. The van der Waals surface area contributed by atoms with E-state index < -0.39 is 0 Å². The number of nitrogens with zero attached hydrogens (tertiary/aromatic N) is 3. The standard InChI is InChI=1S/C20H15N3O5/c24-20(9-23-11-21-15-3-1-2-4-16(15)23)25-10-14-8-18(28-22-14)13-5-6-17-19(7-13)27-12-26-17/h1-8,11H,9-10,12H2. The highest BCUT2D eigenvalue weighted by Crippen LogP contribution is 2.36. The molecule has 0 saturated heterocycles. The van der Waals surface area contributed by atoms with E-state index >= 15 is 0 Å². The van der Waals surface area contributed by atoms with E-state index in [1.165, 1.54) is 0 Å². The number of hydrogen-bond acceptors (Lipinski definition) is 7. The molecule has 0 spiro atoms. The Bertz CT molecular complexity index is 1160. The van der Waals surface area contributed by atoms with Gasteiger partial charge in [0.2, 0.25) is 6.79 Å². The Morgan fingerprint density at radius 3 is 2.96 bits per heavy atom. The van der Waals surface area contributed by atoms with Gasteiger partial charge in [-0.15, -0.1) is 0 Å². The second kappa shape index (κ2) is 6.73. The Morgan fingerprint density at radius 1 is 1.11 bits per heavy atom. The van der Waals surface area contributed by atoms with Crippen molar-refractivity contribution in [2.75, 3.05) is 6.79 Å². The molecule has 0 saturated carbocycles. The van der Waals surface area contributed by atoms with E-state index in [1.54, 1.807) is 17.0 Å². The summed E-state index contributed by atoms with van der Waals surface area (Å²) in [6.07, 6.45) is 1.62. The van der Waals surface area contributed by atoms with Gasteiger partial charge in [-0.2, -0.15) is 0 Å². The first kappa shape index (κ1) is 16.4. The van der Waals surface area contributed by atoms with Crippen LogP contribution in [-0.2, 0) is 22.7 Å². The zero-order valence-electron chi connectivity index (χ0n) is 14.7. The molecular weight excluding hydrogens is 362 g/mol. The van der Waals surface area contributed by atoms with Crippen molar-refractivity contribution >= 4 is 17.0 Å². The van der Waals surface area contributed by atoms with Gasteiger partial charge in [0.1, 0.15) is 18.8 Å². The van der Waals surface area contributed by atoms with Crippen molar-refractivity contribution in [3.63, 3.8) is 0 Å². The number of carbonyl (C=O) groups excluding carboxylic acids is 1. The highest BCUT2D eigenvalue weighted by molar-refractivity contribution is 5.78. The van der Waals surface area contributed by atoms with E-state index in [9.17, 15) is 4.79 Å². The van der Waals surface area contributed by atoms with Crippen LogP contribution >= 0.6 is 0 Å². The third-order valence-corrected chi connectivity index (χ3v) is 4.42. The number of hydrogen-bond donors (Lipinski definition) is 0. The zero-order chi connectivity index (χ0) is 18.9. The number of para-hydroxylation sites is 2. The molecule has 0 radical (unpaired) electrons. The van der Waals surface area contributed by atoms with E-state index in [-0.39, 0.29) is 25.9 Å². The van der Waals surface area contributed by atoms with Crippen LogP contribution in [0.4, 0.5) is 0 Å². The fraction of sp³-hybridized carbons (Fsp3) is 0.150. The summed E-state index contributed by atoms with van der Waals surface area (Å²) in [6.45, 7) is 0.315. The van der Waals surface area contributed by atoms with Crippen molar-refractivity contribution in [2.45, 2.75) is 13.2 Å². The van der Waals surface area contributed by atoms with Crippen molar-refractivity contribution in [1.82, 2.24) is 14.7 Å². The topological polar surface area (TPSA) is 88.6 Å². The number of aromatic nitrogens is 3. The average Bonchev–Trinajstić information content (AvgIpc) is 3.46. The fourth-order valence-electron chi connectivity index (χ4n) is 3.04. The molecule has 8 heteroatoms. The van der Waals surface area contributed by atoms with E-state index in [0.717, 1.165) is 16.6 Å². The molecule has 28 heavy (non-hydrogen) atoms. The maximum atomic E-state index is 12.2. The molecule has 0 aliphatic carbocycles. The minimum absolute atomic E-state index is 0.0273. The molecular formula is C20H15N3O5. The van der Waals surface area contributed by atoms with Crippen LogP contribution < -0.4 is 9.47 Å². The number of rotatable bonds is 5. The molecule has 3 heterocycles. The summed E-state index contributed by atoms with van der Waals surface area (Å²) in [6, 6.07) is 14.8. The lowest BCUT2D eigenvalue weighted by atomic mass is 10.1. The van der Waals surface area contributed by atoms with Gasteiger partial charge in [-0.25, -0.2) is 4.98 Å². The Balaban J connectivity index is 1.23. The molecule has 1 aliphatic heterocycles. The smallest absolute Gasteiger partial charge is 0.326 e. The summed E-state index contributed by atoms with van der Waals surface area (Å²) in [4.78, 5) is 16.4. The molecule has 0 unspecified atom stereocenters. The highest BCUT2D eigenvalue weighted by atomic mass is 16.7. The maximum Gasteiger partial charge on any atom is 0.326 e. The van der Waals surface area contributed by atoms with E-state index in [4.69, 9.17) is 18.7 Å². The number of carbonyl (C=O) groups is 1. The molecule has 8 nitrogen and oxygen atoms in total. The van der Waals surface area contributed by atoms with Crippen LogP contribution in [0, 0.1) is 0 Å². The lowest BCUT2D eigenvalue weighted by Gasteiger charge is -2.04. The van der Waals surface area contributed by atoms with Crippen molar-refractivity contribution in [1.29, 1.82) is 0 Å². The van der Waals surface area contributed by atoms with Gasteiger partial charge in [-0.3, -0.25) is 4.79 Å². The van der Waals surface area contributed by atoms with Crippen molar-refractivity contribution in [2.24, 2.45) is 0 Å². The van der Waals surface area contributed by atoms with Crippen LogP contribution in [0.5, 0.6) is 11.5 Å². The van der Waals surface area contributed by atoms with Crippen LogP contribution in [0.1, 0.15) is 5.69 Å². The van der Waals surface area contributed by atoms with Gasteiger partial charge in [-0.05, 0) is 30.3 Å². The summed E-state index contributed by atoms with van der Waals surface area (Å²) >= 11 is 0. The van der Waals surface area contributed by atoms with Crippen molar-refractivity contribution in [3.8, 4) is 22.8 Å². The van der Waals surface area contributed by atoms with Crippen LogP contribution in [0.2, 0.25) is 0 Å². The maximum absolute atomic E-state index is 12.2. The Hall–Kier alpha value is -3.81. The van der Waals surface area contributed by atoms with Crippen LogP contribution in [-0.4, -0.2) is 27.5 Å². The van der Waals surface area contributed by atoms with Crippen molar-refractivity contribution < 1.29 is 23.5 Å². The minimum atomic E-state index is -0.379. The van der Waals surface area contributed by atoms with Gasteiger partial charge in [0.25, 0.3) is 0 Å². The summed E-state index contributed by atoms with van der Waals surface area (Å²) in [7, 11) is 0. The molecule has 140 valence electrons. The monoisotopic (exact) mass is 377 g/mol. The van der Waals surface area contributed by atoms with Crippen LogP contribution in [0.15, 0.2) is 59.4 Å². The molecule has 5 rings (SSSR count). The van der Waals surface area contributed by atoms with Gasteiger partial charge in [-0.1, -0.05) is 17.3 Å². The van der Waals surface area contributed by atoms with Crippen LogP contribution in [0.25, 0.3) is 22.4 Å². The Morgan fingerprint density at radius 2 is 2.00 bits per heavy atom. The summed E-state index contributed by atoms with van der Waals surface area (Å²) in [5.74, 6) is 1.54. The molecule has 0 fully saturated rings. The quantitative estimate of drug-likeness (QED) is 0.494. The summed E-state index contributed by atoms with van der Waals surface area (Å²) < 4.78 is 23.1. The molecule has 0 bridgehead atoms. The fourth-order valence-corrected chi connectivity index (χ4v) is 3.04. The third kappa shape index (κ3) is 3.05. The van der Waals surface area contributed by atoms with Gasteiger partial charge < -0.3 is 23.3 Å². The summed E-state index contributed by atoms with van der Waals surface area (Å²) in [5.41, 5.74) is 3.04. The largest absolute Gasteiger partial charge is 0.458 e. The van der Waals surface area contributed by atoms with E-state index in [1.807, 2.05) is 42.5 Å². The first-order valence-corrected chi connectivity index (χ1v) is 8.67. The molecule has 1 aliphatic rings. The van der Waals surface area contributed by atoms with Crippen LogP contribution in [0.3, 0.4) is 0 Å². The zero-order valence-corrected chi connectivity index (χ0v) is 14.7. The molecule has 4 aromatic rings. The van der Waals surface area contributed by atoms with Gasteiger partial charge in [0.05, 0.1) is 17.4 Å². The number of fused-ring (bicyclic) bond motifs is 2. The average molecular weight is 377 g/mol. The van der Waals surface area contributed by atoms with Gasteiger partial charge in [0, 0.05) is 11.6 Å². The van der Waals surface area contributed by atoms with Gasteiger partial charge >= 0.3 is 5.97 Å². The van der Waals surface area contributed by atoms with Gasteiger partial charge in [0.15, 0.2) is 17.3 Å². The first-order valence-electron chi connectivity index (χ1n) is 8.67. The first-order chi connectivity index (χ1) is 13.8.